The molecule has 1 aromatic carbocycles. The molecule has 3 heterocycles. The highest BCUT2D eigenvalue weighted by Gasteiger charge is 2.36. The van der Waals surface area contributed by atoms with Crippen molar-refractivity contribution in [1.29, 1.82) is 0 Å². The molecule has 1 atom stereocenters. The number of anilines is 1. The van der Waals surface area contributed by atoms with E-state index in [9.17, 15) is 13.2 Å². The average molecular weight is 373 g/mol. The highest BCUT2D eigenvalue weighted by molar-refractivity contribution is 7.94. The molecule has 25 heavy (non-hydrogen) atoms. The summed E-state index contributed by atoms with van der Waals surface area (Å²) >= 11 is 1.15. The lowest BCUT2D eigenvalue weighted by atomic mass is 10.1. The van der Waals surface area contributed by atoms with Crippen LogP contribution in [-0.2, 0) is 16.4 Å². The quantitative estimate of drug-likeness (QED) is 0.765. The third-order valence-corrected chi connectivity index (χ3v) is 7.67. The number of hydrogen-bond acceptors (Lipinski definition) is 5. The van der Waals surface area contributed by atoms with Crippen molar-refractivity contribution in [3.63, 3.8) is 0 Å². The lowest BCUT2D eigenvalue weighted by Gasteiger charge is -2.23. The van der Waals surface area contributed by atoms with Gasteiger partial charge >= 0.3 is 0 Å². The summed E-state index contributed by atoms with van der Waals surface area (Å²) in [6.45, 7) is 1.91. The van der Waals surface area contributed by atoms with Crippen LogP contribution in [0.5, 0.6) is 0 Å². The minimum absolute atomic E-state index is 0.126. The van der Waals surface area contributed by atoms with Gasteiger partial charge in [0.2, 0.25) is 0 Å². The minimum atomic E-state index is -3.64. The first-order valence-corrected chi connectivity index (χ1v) is 10.0. The summed E-state index contributed by atoms with van der Waals surface area (Å²) in [7, 11) is -3.64. The van der Waals surface area contributed by atoms with E-state index in [1.165, 1.54) is 10.4 Å². The molecule has 0 spiro atoms. The third kappa shape index (κ3) is 2.67. The molecule has 6 nitrogen and oxygen atoms in total. The molecule has 0 radical (unpaired) electrons. The van der Waals surface area contributed by atoms with Gasteiger partial charge in [-0.3, -0.25) is 9.10 Å². The van der Waals surface area contributed by atoms with Crippen LogP contribution in [-0.4, -0.2) is 24.7 Å². The number of para-hydroxylation sites is 1. The summed E-state index contributed by atoms with van der Waals surface area (Å²) in [4.78, 5) is 11.8. The predicted octanol–water partition coefficient (Wildman–Crippen LogP) is 2.64. The number of rotatable bonds is 3. The number of H-pyrrole nitrogens is 1. The normalized spacial score (nSPS) is 16.8. The minimum Gasteiger partial charge on any atom is -0.268 e. The van der Waals surface area contributed by atoms with Gasteiger partial charge in [-0.05, 0) is 43.2 Å². The number of aromatic amines is 1. The second kappa shape index (κ2) is 5.82. The number of fused-ring (bicyclic) bond motifs is 1. The largest absolute Gasteiger partial charge is 0.274 e. The van der Waals surface area contributed by atoms with Gasteiger partial charge in [-0.2, -0.15) is 5.10 Å². The lowest BCUT2D eigenvalue weighted by Crippen LogP contribution is -2.35. The maximum Gasteiger partial charge on any atom is 0.274 e. The lowest BCUT2D eigenvalue weighted by molar-refractivity contribution is 0.586. The van der Waals surface area contributed by atoms with E-state index in [0.29, 0.717) is 17.0 Å². The monoisotopic (exact) mass is 373 g/mol. The average Bonchev–Trinajstić information content (AvgIpc) is 3.19. The van der Waals surface area contributed by atoms with Crippen molar-refractivity contribution in [1.82, 2.24) is 10.2 Å². The molecule has 1 N–H and O–H groups in total. The molecule has 0 bridgehead atoms. The Bertz CT molecular complexity index is 1080. The molecule has 1 aliphatic rings. The van der Waals surface area contributed by atoms with Gasteiger partial charge in [0.15, 0.2) is 0 Å². The number of sulfonamides is 1. The first-order valence-electron chi connectivity index (χ1n) is 7.75. The van der Waals surface area contributed by atoms with Gasteiger partial charge in [-0.1, -0.05) is 18.2 Å². The highest BCUT2D eigenvalue weighted by Crippen LogP contribution is 2.39. The first-order chi connectivity index (χ1) is 12.0. The highest BCUT2D eigenvalue weighted by atomic mass is 32.2. The van der Waals surface area contributed by atoms with E-state index in [2.05, 4.69) is 10.2 Å². The first kappa shape index (κ1) is 16.0. The van der Waals surface area contributed by atoms with Crippen LogP contribution in [0.3, 0.4) is 0 Å². The summed E-state index contributed by atoms with van der Waals surface area (Å²) in [6.07, 6.45) is 0.703. The van der Waals surface area contributed by atoms with Gasteiger partial charge < -0.3 is 0 Å². The van der Waals surface area contributed by atoms with E-state index in [0.717, 1.165) is 22.6 Å². The van der Waals surface area contributed by atoms with Crippen LogP contribution in [0.4, 0.5) is 5.69 Å². The molecule has 128 valence electrons. The summed E-state index contributed by atoms with van der Waals surface area (Å²) in [5.74, 6) is 0. The molecule has 0 saturated carbocycles. The maximum absolute atomic E-state index is 13.2. The van der Waals surface area contributed by atoms with Crippen LogP contribution < -0.4 is 9.86 Å². The molecule has 1 aliphatic heterocycles. The van der Waals surface area contributed by atoms with Gasteiger partial charge in [0.1, 0.15) is 9.90 Å². The Morgan fingerprint density at radius 3 is 2.72 bits per heavy atom. The topological polar surface area (TPSA) is 83.1 Å². The van der Waals surface area contributed by atoms with Crippen LogP contribution in [0.25, 0.3) is 10.6 Å². The van der Waals surface area contributed by atoms with Crippen molar-refractivity contribution >= 4 is 27.0 Å². The van der Waals surface area contributed by atoms with E-state index in [1.807, 2.05) is 31.2 Å². The molecule has 3 aromatic rings. The SMILES string of the molecule is C[C@@H]1Cc2ccccc2N1S(=O)(=O)c1ccc(-c2ccc(=O)[nH]n2)s1. The Labute approximate surface area is 148 Å². The molecule has 0 amide bonds. The van der Waals surface area contributed by atoms with E-state index in [4.69, 9.17) is 0 Å². The predicted molar refractivity (Wildman–Crippen MR) is 97.4 cm³/mol. The van der Waals surface area contributed by atoms with Gasteiger partial charge in [-0.25, -0.2) is 13.5 Å². The van der Waals surface area contributed by atoms with Crippen molar-refractivity contribution in [2.24, 2.45) is 0 Å². The van der Waals surface area contributed by atoms with Gasteiger partial charge in [0.05, 0.1) is 10.6 Å². The van der Waals surface area contributed by atoms with Crippen molar-refractivity contribution in [2.45, 2.75) is 23.6 Å². The van der Waals surface area contributed by atoms with Crippen LogP contribution in [0.2, 0.25) is 0 Å². The third-order valence-electron chi connectivity index (χ3n) is 4.17. The maximum atomic E-state index is 13.2. The Balaban J connectivity index is 1.75. The standard InChI is InChI=1S/C17H15N3O3S2/c1-11-10-12-4-2-3-5-14(12)20(11)25(22,23)17-9-7-15(24-17)13-6-8-16(21)19-18-13/h2-9,11H,10H2,1H3,(H,19,21)/t11-/m1/s1. The number of nitrogens with zero attached hydrogens (tertiary/aromatic N) is 2. The van der Waals surface area contributed by atoms with Crippen molar-refractivity contribution < 1.29 is 8.42 Å². The van der Waals surface area contributed by atoms with E-state index < -0.39 is 10.0 Å². The fourth-order valence-corrected chi connectivity index (χ4v) is 6.14. The molecular weight excluding hydrogens is 358 g/mol. The molecular formula is C17H15N3O3S2. The fourth-order valence-electron chi connectivity index (χ4n) is 3.08. The number of benzene rings is 1. The molecule has 0 unspecified atom stereocenters. The molecule has 8 heteroatoms. The fraction of sp³-hybridized carbons (Fsp3) is 0.176. The van der Waals surface area contributed by atoms with Gasteiger partial charge in [-0.15, -0.1) is 11.3 Å². The molecule has 0 saturated heterocycles. The van der Waals surface area contributed by atoms with Crippen LogP contribution in [0.1, 0.15) is 12.5 Å². The summed E-state index contributed by atoms with van der Waals surface area (Å²) in [5, 5.41) is 6.32. The van der Waals surface area contributed by atoms with Gasteiger partial charge in [0.25, 0.3) is 15.6 Å². The zero-order chi connectivity index (χ0) is 17.6. The zero-order valence-electron chi connectivity index (χ0n) is 13.3. The Kier molecular flexibility index (Phi) is 3.73. The van der Waals surface area contributed by atoms with Crippen LogP contribution in [0.15, 0.2) is 57.5 Å². The van der Waals surface area contributed by atoms with E-state index in [-0.39, 0.29) is 15.8 Å². The van der Waals surface area contributed by atoms with Crippen molar-refractivity contribution in [2.75, 3.05) is 4.31 Å². The number of aromatic nitrogens is 2. The van der Waals surface area contributed by atoms with Crippen molar-refractivity contribution in [3.8, 4) is 10.6 Å². The second-order valence-corrected chi connectivity index (χ2v) is 9.03. The summed E-state index contributed by atoms with van der Waals surface area (Å²) in [5.41, 5.74) is 2.03. The van der Waals surface area contributed by atoms with Crippen LogP contribution in [0, 0.1) is 0 Å². The number of thiophene rings is 1. The molecule has 0 fully saturated rings. The van der Waals surface area contributed by atoms with Gasteiger partial charge in [0, 0.05) is 12.1 Å². The Morgan fingerprint density at radius 1 is 1.16 bits per heavy atom. The Morgan fingerprint density at radius 2 is 1.96 bits per heavy atom. The number of hydrogen-bond donors (Lipinski definition) is 1. The summed E-state index contributed by atoms with van der Waals surface area (Å²) < 4.78 is 28.1. The molecule has 0 aliphatic carbocycles. The second-order valence-electron chi connectivity index (χ2n) is 5.91. The van der Waals surface area contributed by atoms with Crippen molar-refractivity contribution in [3.05, 3.63) is 64.4 Å². The molecule has 4 rings (SSSR count). The Hall–Kier alpha value is -2.45. The van der Waals surface area contributed by atoms with Crippen LogP contribution >= 0.6 is 11.3 Å². The summed E-state index contributed by atoms with van der Waals surface area (Å²) in [6, 6.07) is 13.7. The van der Waals surface area contributed by atoms with E-state index in [1.54, 1.807) is 18.2 Å². The number of nitrogens with one attached hydrogen (secondary N) is 1. The van der Waals surface area contributed by atoms with E-state index >= 15 is 0 Å². The molecule has 2 aromatic heterocycles. The smallest absolute Gasteiger partial charge is 0.268 e. The zero-order valence-corrected chi connectivity index (χ0v) is 15.0.